The maximum absolute atomic E-state index is 13.4. The van der Waals surface area contributed by atoms with Crippen molar-refractivity contribution in [2.45, 2.75) is 13.5 Å². The largest absolute Gasteiger partial charge is 0.308 e. The highest BCUT2D eigenvalue weighted by atomic mass is 19.1. The molecule has 4 heteroatoms. The highest BCUT2D eigenvalue weighted by molar-refractivity contribution is 6.02. The van der Waals surface area contributed by atoms with Gasteiger partial charge in [-0.25, -0.2) is 4.39 Å². The lowest BCUT2D eigenvalue weighted by Crippen LogP contribution is -2.22. The van der Waals surface area contributed by atoms with Crippen LogP contribution in [0.15, 0.2) is 77.9 Å². The Morgan fingerprint density at radius 3 is 2.23 bits per heavy atom. The van der Waals surface area contributed by atoms with Gasteiger partial charge in [0.15, 0.2) is 0 Å². The molecule has 3 nitrogen and oxygen atoms in total. The first-order valence-electron chi connectivity index (χ1n) is 8.52. The molecule has 4 aromatic rings. The van der Waals surface area contributed by atoms with Gasteiger partial charge in [0.25, 0.3) is 5.56 Å². The van der Waals surface area contributed by atoms with Crippen molar-refractivity contribution in [3.8, 4) is 22.3 Å². The van der Waals surface area contributed by atoms with Crippen molar-refractivity contribution in [3.05, 3.63) is 89.2 Å². The second-order valence-electron chi connectivity index (χ2n) is 6.06. The minimum absolute atomic E-state index is 0.0791. The van der Waals surface area contributed by atoms with Crippen molar-refractivity contribution in [1.29, 1.82) is 0 Å². The smallest absolute Gasteiger partial charge is 0.259 e. The fourth-order valence-electron chi connectivity index (χ4n) is 3.42. The average molecular weight is 344 g/mol. The molecule has 0 fully saturated rings. The van der Waals surface area contributed by atoms with Crippen LogP contribution in [-0.4, -0.2) is 9.55 Å². The summed E-state index contributed by atoms with van der Waals surface area (Å²) < 4.78 is 15.2. The van der Waals surface area contributed by atoms with E-state index in [-0.39, 0.29) is 11.4 Å². The molecule has 0 saturated heterocycles. The molecule has 0 aliphatic heterocycles. The number of benzene rings is 2. The van der Waals surface area contributed by atoms with E-state index >= 15 is 0 Å². The summed E-state index contributed by atoms with van der Waals surface area (Å²) in [4.78, 5) is 17.4. The maximum atomic E-state index is 13.4. The van der Waals surface area contributed by atoms with Crippen LogP contribution in [0.1, 0.15) is 6.92 Å². The number of rotatable bonds is 3. The van der Waals surface area contributed by atoms with E-state index < -0.39 is 0 Å². The predicted octanol–water partition coefficient (Wildman–Crippen LogP) is 4.89. The minimum atomic E-state index is -0.323. The molecule has 0 aliphatic rings. The summed E-state index contributed by atoms with van der Waals surface area (Å²) in [7, 11) is 0. The van der Waals surface area contributed by atoms with Gasteiger partial charge in [-0.3, -0.25) is 9.78 Å². The first kappa shape index (κ1) is 16.2. The zero-order valence-electron chi connectivity index (χ0n) is 14.3. The summed E-state index contributed by atoms with van der Waals surface area (Å²) >= 11 is 0. The highest BCUT2D eigenvalue weighted by Crippen LogP contribution is 2.35. The van der Waals surface area contributed by atoms with Gasteiger partial charge in [0.2, 0.25) is 0 Å². The Labute approximate surface area is 150 Å². The van der Waals surface area contributed by atoms with E-state index in [1.54, 1.807) is 29.1 Å². The molecule has 0 unspecified atom stereocenters. The molecule has 0 atom stereocenters. The second-order valence-corrected chi connectivity index (χ2v) is 6.06. The van der Waals surface area contributed by atoms with E-state index in [1.165, 1.54) is 12.1 Å². The van der Waals surface area contributed by atoms with Crippen molar-refractivity contribution >= 4 is 10.9 Å². The van der Waals surface area contributed by atoms with Crippen LogP contribution < -0.4 is 5.56 Å². The minimum Gasteiger partial charge on any atom is -0.308 e. The van der Waals surface area contributed by atoms with Gasteiger partial charge in [-0.2, -0.15) is 0 Å². The lowest BCUT2D eigenvalue weighted by Gasteiger charge is -2.17. The number of aromatic nitrogens is 2. The Kier molecular flexibility index (Phi) is 4.09. The lowest BCUT2D eigenvalue weighted by atomic mass is 9.92. The van der Waals surface area contributed by atoms with Gasteiger partial charge in [0.1, 0.15) is 5.82 Å². The fourth-order valence-corrected chi connectivity index (χ4v) is 3.42. The normalized spacial score (nSPS) is 11.0. The Morgan fingerprint density at radius 2 is 1.54 bits per heavy atom. The Bertz CT molecular complexity index is 1130. The predicted molar refractivity (Wildman–Crippen MR) is 103 cm³/mol. The molecular formula is C22H17FN2O. The molecule has 2 aromatic heterocycles. The van der Waals surface area contributed by atoms with E-state index in [0.717, 1.165) is 22.0 Å². The molecule has 0 radical (unpaired) electrons. The average Bonchev–Trinajstić information content (AvgIpc) is 2.69. The molecular weight excluding hydrogens is 327 g/mol. The molecule has 0 spiro atoms. The molecule has 0 amide bonds. The van der Waals surface area contributed by atoms with Crippen LogP contribution in [0.4, 0.5) is 4.39 Å². The first-order valence-corrected chi connectivity index (χ1v) is 8.52. The van der Waals surface area contributed by atoms with Crippen molar-refractivity contribution in [2.24, 2.45) is 0 Å². The van der Waals surface area contributed by atoms with Gasteiger partial charge in [-0.05, 0) is 48.4 Å². The summed E-state index contributed by atoms with van der Waals surface area (Å²) in [6, 6.07) is 17.7. The van der Waals surface area contributed by atoms with Gasteiger partial charge in [0, 0.05) is 29.9 Å². The summed E-state index contributed by atoms with van der Waals surface area (Å²) in [5.74, 6) is -0.323. The third-order valence-electron chi connectivity index (χ3n) is 4.59. The monoisotopic (exact) mass is 344 g/mol. The van der Waals surface area contributed by atoms with E-state index in [4.69, 9.17) is 0 Å². The van der Waals surface area contributed by atoms with Crippen LogP contribution in [0.25, 0.3) is 33.2 Å². The number of fused-ring (bicyclic) bond motifs is 1. The molecule has 0 N–H and O–H groups in total. The molecule has 0 aliphatic carbocycles. The number of para-hydroxylation sites is 1. The quantitative estimate of drug-likeness (QED) is 0.530. The lowest BCUT2D eigenvalue weighted by molar-refractivity contribution is 0.628. The van der Waals surface area contributed by atoms with Crippen molar-refractivity contribution in [3.63, 3.8) is 0 Å². The standard InChI is InChI=1S/C22H17FN2O/c1-2-25-19-6-4-3-5-18(19)20(16-11-13-24-14-12-16)21(22(25)26)15-7-9-17(23)10-8-15/h3-14H,2H2,1H3. The summed E-state index contributed by atoms with van der Waals surface area (Å²) in [6.45, 7) is 2.51. The Morgan fingerprint density at radius 1 is 0.885 bits per heavy atom. The molecule has 2 aromatic carbocycles. The number of nitrogens with zero attached hydrogens (tertiary/aromatic N) is 2. The van der Waals surface area contributed by atoms with Gasteiger partial charge in [-0.15, -0.1) is 0 Å². The molecule has 2 heterocycles. The second kappa shape index (κ2) is 6.56. The zero-order chi connectivity index (χ0) is 18.1. The van der Waals surface area contributed by atoms with Crippen LogP contribution in [0.5, 0.6) is 0 Å². The van der Waals surface area contributed by atoms with Crippen LogP contribution in [0, 0.1) is 5.82 Å². The summed E-state index contributed by atoms with van der Waals surface area (Å²) in [5, 5.41) is 0.986. The van der Waals surface area contributed by atoms with Gasteiger partial charge < -0.3 is 4.57 Å². The van der Waals surface area contributed by atoms with E-state index in [1.807, 2.05) is 43.3 Å². The molecule has 4 rings (SSSR count). The van der Waals surface area contributed by atoms with Crippen LogP contribution >= 0.6 is 0 Å². The van der Waals surface area contributed by atoms with Gasteiger partial charge >= 0.3 is 0 Å². The Balaban J connectivity index is 2.20. The molecule has 0 saturated carbocycles. The SMILES string of the molecule is CCn1c(=O)c(-c2ccc(F)cc2)c(-c2ccncc2)c2ccccc21. The maximum Gasteiger partial charge on any atom is 0.259 e. The number of aryl methyl sites for hydroxylation is 1. The van der Waals surface area contributed by atoms with Crippen molar-refractivity contribution < 1.29 is 4.39 Å². The molecule has 26 heavy (non-hydrogen) atoms. The van der Waals surface area contributed by atoms with E-state index in [0.29, 0.717) is 17.7 Å². The summed E-state index contributed by atoms with van der Waals surface area (Å²) in [5.41, 5.74) is 3.86. The third-order valence-corrected chi connectivity index (χ3v) is 4.59. The zero-order valence-corrected chi connectivity index (χ0v) is 14.3. The third kappa shape index (κ3) is 2.60. The van der Waals surface area contributed by atoms with Crippen molar-refractivity contribution in [1.82, 2.24) is 9.55 Å². The van der Waals surface area contributed by atoms with Crippen LogP contribution in [-0.2, 0) is 6.54 Å². The summed E-state index contributed by atoms with van der Waals surface area (Å²) in [6.07, 6.45) is 3.42. The topological polar surface area (TPSA) is 34.9 Å². The van der Waals surface area contributed by atoms with E-state index in [2.05, 4.69) is 4.98 Å². The van der Waals surface area contributed by atoms with Gasteiger partial charge in [-0.1, -0.05) is 30.3 Å². The van der Waals surface area contributed by atoms with Crippen LogP contribution in [0.2, 0.25) is 0 Å². The first-order chi connectivity index (χ1) is 12.7. The van der Waals surface area contributed by atoms with Gasteiger partial charge in [0.05, 0.1) is 11.1 Å². The van der Waals surface area contributed by atoms with Crippen LogP contribution in [0.3, 0.4) is 0 Å². The fraction of sp³-hybridized carbons (Fsp3) is 0.0909. The molecule has 0 bridgehead atoms. The number of pyridine rings is 2. The van der Waals surface area contributed by atoms with E-state index in [9.17, 15) is 9.18 Å². The van der Waals surface area contributed by atoms with Crippen molar-refractivity contribution in [2.75, 3.05) is 0 Å². The number of hydrogen-bond donors (Lipinski definition) is 0. The Hall–Kier alpha value is -3.27. The number of halogens is 1. The molecule has 128 valence electrons. The number of hydrogen-bond acceptors (Lipinski definition) is 2. The highest BCUT2D eigenvalue weighted by Gasteiger charge is 2.18.